The van der Waals surface area contributed by atoms with Crippen molar-refractivity contribution in [3.8, 4) is 28.7 Å². The van der Waals surface area contributed by atoms with Crippen molar-refractivity contribution in [3.05, 3.63) is 41.7 Å². The molecule has 0 spiro atoms. The predicted octanol–water partition coefficient (Wildman–Crippen LogP) is 3.02. The Labute approximate surface area is 154 Å². The van der Waals surface area contributed by atoms with Crippen LogP contribution in [0.25, 0.3) is 11.5 Å². The average Bonchev–Trinajstić information content (AvgIpc) is 3.33. The number of ether oxygens (including phenoxy) is 4. The van der Waals surface area contributed by atoms with Crippen LogP contribution in [0.3, 0.4) is 0 Å². The van der Waals surface area contributed by atoms with Crippen LogP contribution in [0.1, 0.15) is 22.0 Å². The zero-order valence-electron chi connectivity index (χ0n) is 15.3. The van der Waals surface area contributed by atoms with Gasteiger partial charge in [0, 0.05) is 5.56 Å². The van der Waals surface area contributed by atoms with Gasteiger partial charge < -0.3 is 27.8 Å². The van der Waals surface area contributed by atoms with Gasteiger partial charge in [0.15, 0.2) is 18.1 Å². The molecule has 142 valence electrons. The number of esters is 1. The molecule has 0 bridgehead atoms. The van der Waals surface area contributed by atoms with Crippen molar-refractivity contribution in [2.75, 3.05) is 21.3 Å². The number of hydrogen-bond donors (Lipinski definition) is 0. The van der Waals surface area contributed by atoms with Crippen LogP contribution in [-0.4, -0.2) is 37.5 Å². The van der Waals surface area contributed by atoms with E-state index in [9.17, 15) is 4.79 Å². The van der Waals surface area contributed by atoms with E-state index in [1.165, 1.54) is 33.7 Å². The van der Waals surface area contributed by atoms with Gasteiger partial charge in [-0.15, -0.1) is 10.2 Å². The lowest BCUT2D eigenvalue weighted by Crippen LogP contribution is -2.05. The first-order chi connectivity index (χ1) is 13.1. The minimum absolute atomic E-state index is 0.147. The Morgan fingerprint density at radius 3 is 2.33 bits per heavy atom. The molecule has 9 nitrogen and oxygen atoms in total. The number of aryl methyl sites for hydroxylation is 1. The average molecular weight is 374 g/mol. The van der Waals surface area contributed by atoms with E-state index < -0.39 is 5.97 Å². The quantitative estimate of drug-likeness (QED) is 0.577. The molecule has 0 N–H and O–H groups in total. The van der Waals surface area contributed by atoms with Crippen molar-refractivity contribution in [1.29, 1.82) is 0 Å². The monoisotopic (exact) mass is 374 g/mol. The fourth-order valence-electron chi connectivity index (χ4n) is 2.43. The summed E-state index contributed by atoms with van der Waals surface area (Å²) in [5.74, 6) is 1.67. The van der Waals surface area contributed by atoms with Crippen LogP contribution < -0.4 is 14.2 Å². The number of rotatable bonds is 7. The van der Waals surface area contributed by atoms with E-state index in [1.807, 2.05) is 0 Å². The van der Waals surface area contributed by atoms with Crippen LogP contribution in [0.2, 0.25) is 0 Å². The zero-order chi connectivity index (χ0) is 19.4. The topological polar surface area (TPSA) is 106 Å². The number of methoxy groups -OCH3 is 3. The third-order valence-electron chi connectivity index (χ3n) is 3.78. The summed E-state index contributed by atoms with van der Waals surface area (Å²) in [6, 6.07) is 4.89. The predicted molar refractivity (Wildman–Crippen MR) is 92.0 cm³/mol. The largest absolute Gasteiger partial charge is 0.493 e. The van der Waals surface area contributed by atoms with Crippen molar-refractivity contribution < 1.29 is 32.6 Å². The highest BCUT2D eigenvalue weighted by Gasteiger charge is 2.19. The number of benzene rings is 1. The molecule has 9 heteroatoms. The molecular formula is C18H18N2O7. The third-order valence-corrected chi connectivity index (χ3v) is 3.78. The summed E-state index contributed by atoms with van der Waals surface area (Å²) in [5, 5.41) is 7.86. The van der Waals surface area contributed by atoms with Crippen LogP contribution in [0.15, 0.2) is 33.3 Å². The molecule has 2 aromatic heterocycles. The highest BCUT2D eigenvalue weighted by molar-refractivity contribution is 5.90. The highest BCUT2D eigenvalue weighted by atomic mass is 16.5. The van der Waals surface area contributed by atoms with E-state index in [0.29, 0.717) is 34.1 Å². The van der Waals surface area contributed by atoms with Gasteiger partial charge in [-0.25, -0.2) is 4.79 Å². The fourth-order valence-corrected chi connectivity index (χ4v) is 2.43. The second kappa shape index (κ2) is 7.81. The Hall–Kier alpha value is -3.49. The van der Waals surface area contributed by atoms with Crippen molar-refractivity contribution >= 4 is 5.97 Å². The molecule has 0 fully saturated rings. The number of nitrogens with zero attached hydrogens (tertiary/aromatic N) is 2. The summed E-state index contributed by atoms with van der Waals surface area (Å²) < 4.78 is 31.7. The van der Waals surface area contributed by atoms with Gasteiger partial charge in [-0.3, -0.25) is 0 Å². The van der Waals surface area contributed by atoms with E-state index >= 15 is 0 Å². The maximum Gasteiger partial charge on any atom is 0.342 e. The molecular weight excluding hydrogens is 356 g/mol. The van der Waals surface area contributed by atoms with Crippen LogP contribution in [0.4, 0.5) is 0 Å². The Morgan fingerprint density at radius 1 is 1.07 bits per heavy atom. The molecule has 0 amide bonds. The molecule has 3 rings (SSSR count). The van der Waals surface area contributed by atoms with E-state index in [-0.39, 0.29) is 18.4 Å². The van der Waals surface area contributed by atoms with Gasteiger partial charge >= 0.3 is 5.97 Å². The summed E-state index contributed by atoms with van der Waals surface area (Å²) in [6.07, 6.45) is 1.42. The van der Waals surface area contributed by atoms with Crippen LogP contribution in [-0.2, 0) is 11.3 Å². The molecule has 0 atom stereocenters. The van der Waals surface area contributed by atoms with Crippen molar-refractivity contribution in [1.82, 2.24) is 10.2 Å². The summed E-state index contributed by atoms with van der Waals surface area (Å²) >= 11 is 0. The maximum absolute atomic E-state index is 12.0. The van der Waals surface area contributed by atoms with Crippen LogP contribution >= 0.6 is 0 Å². The van der Waals surface area contributed by atoms with E-state index in [2.05, 4.69) is 10.2 Å². The van der Waals surface area contributed by atoms with Gasteiger partial charge in [-0.2, -0.15) is 0 Å². The smallest absolute Gasteiger partial charge is 0.342 e. The minimum Gasteiger partial charge on any atom is -0.493 e. The first-order valence-electron chi connectivity index (χ1n) is 7.91. The lowest BCUT2D eigenvalue weighted by molar-refractivity contribution is 0.0436. The standard InChI is InChI=1S/C18H18N2O7/c1-10-12(5-6-25-10)18(21)26-9-15-19-20-17(27-15)11-7-13(22-2)16(24-4)14(8-11)23-3/h5-8H,9H2,1-4H3. The number of carbonyl (C=O) groups excluding carboxylic acids is 1. The van der Waals surface area contributed by atoms with Crippen molar-refractivity contribution in [3.63, 3.8) is 0 Å². The molecule has 0 radical (unpaired) electrons. The Bertz CT molecular complexity index is 920. The van der Waals surface area contributed by atoms with Crippen LogP contribution in [0, 0.1) is 6.92 Å². The van der Waals surface area contributed by atoms with Crippen molar-refractivity contribution in [2.45, 2.75) is 13.5 Å². The molecule has 3 aromatic rings. The van der Waals surface area contributed by atoms with Crippen LogP contribution in [0.5, 0.6) is 17.2 Å². The summed E-state index contributed by atoms with van der Waals surface area (Å²) in [6.45, 7) is 1.51. The van der Waals surface area contributed by atoms with Gasteiger partial charge in [0.2, 0.25) is 11.6 Å². The number of carbonyl (C=O) groups is 1. The molecule has 0 unspecified atom stereocenters. The normalized spacial score (nSPS) is 10.5. The highest BCUT2D eigenvalue weighted by Crippen LogP contribution is 2.40. The molecule has 1 aromatic carbocycles. The lowest BCUT2D eigenvalue weighted by Gasteiger charge is -2.12. The third kappa shape index (κ3) is 3.71. The lowest BCUT2D eigenvalue weighted by atomic mass is 10.2. The van der Waals surface area contributed by atoms with Gasteiger partial charge in [0.1, 0.15) is 11.3 Å². The van der Waals surface area contributed by atoms with Gasteiger partial charge in [0.25, 0.3) is 5.89 Å². The second-order valence-corrected chi connectivity index (χ2v) is 5.38. The Morgan fingerprint density at radius 2 is 1.78 bits per heavy atom. The van der Waals surface area contributed by atoms with Crippen molar-refractivity contribution in [2.24, 2.45) is 0 Å². The van der Waals surface area contributed by atoms with E-state index in [1.54, 1.807) is 19.1 Å². The minimum atomic E-state index is -0.534. The molecule has 0 aliphatic carbocycles. The van der Waals surface area contributed by atoms with Gasteiger partial charge in [0.05, 0.1) is 27.6 Å². The summed E-state index contributed by atoms with van der Waals surface area (Å²) in [7, 11) is 4.54. The molecule has 0 saturated carbocycles. The zero-order valence-corrected chi connectivity index (χ0v) is 15.3. The Kier molecular flexibility index (Phi) is 5.30. The molecule has 0 aliphatic heterocycles. The molecule has 2 heterocycles. The number of furan rings is 1. The second-order valence-electron chi connectivity index (χ2n) is 5.38. The first-order valence-corrected chi connectivity index (χ1v) is 7.91. The van der Waals surface area contributed by atoms with E-state index in [0.717, 1.165) is 0 Å². The molecule has 0 aliphatic rings. The van der Waals surface area contributed by atoms with Gasteiger partial charge in [-0.1, -0.05) is 0 Å². The van der Waals surface area contributed by atoms with E-state index in [4.69, 9.17) is 27.8 Å². The molecule has 0 saturated heterocycles. The van der Waals surface area contributed by atoms with Gasteiger partial charge in [-0.05, 0) is 25.1 Å². The SMILES string of the molecule is COc1cc(-c2nnc(COC(=O)c3ccoc3C)o2)cc(OC)c1OC. The fraction of sp³-hybridized carbons (Fsp3) is 0.278. The Balaban J connectivity index is 1.77. The summed E-state index contributed by atoms with van der Waals surface area (Å²) in [4.78, 5) is 12.0. The maximum atomic E-state index is 12.0. The number of hydrogen-bond acceptors (Lipinski definition) is 9. The number of aromatic nitrogens is 2. The molecule has 27 heavy (non-hydrogen) atoms. The first kappa shape index (κ1) is 18.3. The summed E-state index contributed by atoms with van der Waals surface area (Å²) in [5.41, 5.74) is 0.916.